The molecule has 0 spiro atoms. The number of aromatic nitrogens is 1. The van der Waals surface area contributed by atoms with E-state index in [2.05, 4.69) is 34.6 Å². The number of aryl methyl sites for hydroxylation is 3. The zero-order valence-electron chi connectivity index (χ0n) is 18.1. The van der Waals surface area contributed by atoms with Crippen molar-refractivity contribution in [1.29, 1.82) is 0 Å². The molecule has 5 heteroatoms. The highest BCUT2D eigenvalue weighted by Gasteiger charge is 2.30. The topological polar surface area (TPSA) is 85.1 Å². The fraction of sp³-hybridized carbons (Fsp3) is 0.480. The molecule has 0 unspecified atom stereocenters. The number of Topliss-reactive ketones (excluding diaryl/α,β-unsaturated/α-hetero) is 1. The summed E-state index contributed by atoms with van der Waals surface area (Å²) >= 11 is 0. The largest absolute Gasteiger partial charge is 0.384 e. The Balaban J connectivity index is 1.40. The number of hydrogen-bond acceptors (Lipinski definition) is 4. The number of pyridine rings is 1. The molecule has 0 bridgehead atoms. The van der Waals surface area contributed by atoms with E-state index in [1.165, 1.54) is 5.56 Å². The van der Waals surface area contributed by atoms with Crippen LogP contribution in [0.4, 0.5) is 5.82 Å². The average Bonchev–Trinajstić information content (AvgIpc) is 3.21. The smallest absolute Gasteiger partial charge is 0.223 e. The lowest BCUT2D eigenvalue weighted by Gasteiger charge is -2.17. The Morgan fingerprint density at radius 1 is 1.13 bits per heavy atom. The van der Waals surface area contributed by atoms with E-state index >= 15 is 0 Å². The second-order valence-electron chi connectivity index (χ2n) is 8.58. The summed E-state index contributed by atoms with van der Waals surface area (Å²) in [7, 11) is 0. The summed E-state index contributed by atoms with van der Waals surface area (Å²) in [5.74, 6) is 1.20. The van der Waals surface area contributed by atoms with Crippen LogP contribution in [0.25, 0.3) is 0 Å². The lowest BCUT2D eigenvalue weighted by molar-refractivity contribution is -0.129. The maximum Gasteiger partial charge on any atom is 0.223 e. The van der Waals surface area contributed by atoms with E-state index in [4.69, 9.17) is 5.73 Å². The van der Waals surface area contributed by atoms with E-state index < -0.39 is 6.04 Å². The molecule has 0 saturated heterocycles. The number of carbonyl (C=O) groups is 2. The van der Waals surface area contributed by atoms with Gasteiger partial charge in [0.1, 0.15) is 5.82 Å². The number of anilines is 1. The summed E-state index contributed by atoms with van der Waals surface area (Å²) in [6, 6.07) is 13.7. The first-order chi connectivity index (χ1) is 14.4. The van der Waals surface area contributed by atoms with Crippen molar-refractivity contribution in [3.05, 3.63) is 59.3 Å². The van der Waals surface area contributed by atoms with Gasteiger partial charge < -0.3 is 11.1 Å². The van der Waals surface area contributed by atoms with Crippen LogP contribution in [0.3, 0.4) is 0 Å². The molecule has 3 atom stereocenters. The van der Waals surface area contributed by atoms with E-state index in [0.29, 0.717) is 24.6 Å². The molecule has 5 nitrogen and oxygen atoms in total. The molecule has 2 aromatic rings. The van der Waals surface area contributed by atoms with Gasteiger partial charge in [-0.1, -0.05) is 36.4 Å². The van der Waals surface area contributed by atoms with Gasteiger partial charge in [0, 0.05) is 18.0 Å². The predicted molar refractivity (Wildman–Crippen MR) is 120 cm³/mol. The number of ketones is 1. The van der Waals surface area contributed by atoms with E-state index in [9.17, 15) is 9.59 Å². The summed E-state index contributed by atoms with van der Waals surface area (Å²) in [4.78, 5) is 29.4. The van der Waals surface area contributed by atoms with Crippen molar-refractivity contribution in [3.63, 3.8) is 0 Å². The lowest BCUT2D eigenvalue weighted by atomic mass is 9.96. The number of carbonyl (C=O) groups excluding carboxylic acids is 2. The van der Waals surface area contributed by atoms with Crippen LogP contribution in [0.1, 0.15) is 55.8 Å². The van der Waals surface area contributed by atoms with Crippen molar-refractivity contribution in [2.45, 2.75) is 64.8 Å². The van der Waals surface area contributed by atoms with Crippen LogP contribution in [-0.4, -0.2) is 22.7 Å². The van der Waals surface area contributed by atoms with Gasteiger partial charge >= 0.3 is 0 Å². The van der Waals surface area contributed by atoms with Crippen molar-refractivity contribution in [2.75, 3.05) is 5.73 Å². The number of amides is 1. The molecule has 3 rings (SSSR count). The van der Waals surface area contributed by atoms with Crippen molar-refractivity contribution >= 4 is 17.5 Å². The van der Waals surface area contributed by atoms with Gasteiger partial charge in [-0.05, 0) is 75.5 Å². The number of nitrogens with zero attached hydrogens (tertiary/aromatic N) is 1. The molecule has 1 fully saturated rings. The summed E-state index contributed by atoms with van der Waals surface area (Å²) < 4.78 is 0. The molecule has 1 aromatic carbocycles. The third-order valence-electron chi connectivity index (χ3n) is 6.30. The first kappa shape index (κ1) is 22.0. The normalized spacial score (nSPS) is 19.4. The molecule has 1 aliphatic rings. The Labute approximate surface area is 179 Å². The Kier molecular flexibility index (Phi) is 7.61. The van der Waals surface area contributed by atoms with Gasteiger partial charge in [-0.25, -0.2) is 4.98 Å². The molecular weight excluding hydrogens is 374 g/mol. The molecule has 0 radical (unpaired) electrons. The monoisotopic (exact) mass is 407 g/mol. The van der Waals surface area contributed by atoms with Crippen LogP contribution in [0, 0.1) is 18.8 Å². The molecular formula is C25H33N3O2. The van der Waals surface area contributed by atoms with E-state index in [1.54, 1.807) is 13.0 Å². The van der Waals surface area contributed by atoms with Crippen LogP contribution < -0.4 is 11.1 Å². The Hall–Kier alpha value is -2.69. The second kappa shape index (κ2) is 10.4. The van der Waals surface area contributed by atoms with Crippen molar-refractivity contribution in [2.24, 2.45) is 11.8 Å². The molecule has 3 N–H and O–H groups in total. The summed E-state index contributed by atoms with van der Waals surface area (Å²) in [5.41, 5.74) is 8.91. The fourth-order valence-corrected chi connectivity index (χ4v) is 4.35. The highest BCUT2D eigenvalue weighted by Crippen LogP contribution is 2.34. The molecule has 160 valence electrons. The van der Waals surface area contributed by atoms with Crippen LogP contribution in [0.15, 0.2) is 42.5 Å². The standard InChI is InChI=1S/C25H33N3O2/c1-17-21(13-15-24(26)27-17)12-14-23(29)18(2)28-25(30)22-11-10-20(16-22)9-8-19-6-4-3-5-7-19/h3-7,13,15,18,20,22H,8-12,14,16H2,1-2H3,(H2,26,27)(H,28,30)/t18-,20-,22+/m0/s1. The first-order valence-electron chi connectivity index (χ1n) is 11.0. The minimum absolute atomic E-state index is 0.0309. The van der Waals surface area contributed by atoms with Gasteiger partial charge in [-0.15, -0.1) is 0 Å². The van der Waals surface area contributed by atoms with Crippen molar-refractivity contribution in [3.8, 4) is 0 Å². The number of nitrogens with one attached hydrogen (secondary N) is 1. The van der Waals surface area contributed by atoms with Crippen LogP contribution >= 0.6 is 0 Å². The highest BCUT2D eigenvalue weighted by molar-refractivity contribution is 5.89. The van der Waals surface area contributed by atoms with Crippen LogP contribution in [0.5, 0.6) is 0 Å². The average molecular weight is 408 g/mol. The SMILES string of the molecule is Cc1nc(N)ccc1CCC(=O)[C@H](C)NC(=O)[C@@H]1CC[C@H](CCc2ccccc2)C1. The van der Waals surface area contributed by atoms with Crippen LogP contribution in [0.2, 0.25) is 0 Å². The number of benzene rings is 1. The van der Waals surface area contributed by atoms with Gasteiger partial charge in [0.15, 0.2) is 5.78 Å². The third-order valence-corrected chi connectivity index (χ3v) is 6.30. The Morgan fingerprint density at radius 2 is 1.90 bits per heavy atom. The molecule has 1 aromatic heterocycles. The van der Waals surface area contributed by atoms with E-state index in [-0.39, 0.29) is 17.6 Å². The van der Waals surface area contributed by atoms with Crippen molar-refractivity contribution in [1.82, 2.24) is 10.3 Å². The summed E-state index contributed by atoms with van der Waals surface area (Å²) in [6.45, 7) is 3.69. The van der Waals surface area contributed by atoms with Gasteiger partial charge in [-0.3, -0.25) is 9.59 Å². The number of nitrogen functional groups attached to an aromatic ring is 1. The quantitative estimate of drug-likeness (QED) is 0.657. The molecule has 1 saturated carbocycles. The Bertz CT molecular complexity index is 866. The predicted octanol–water partition coefficient (Wildman–Crippen LogP) is 4.03. The van der Waals surface area contributed by atoms with E-state index in [1.807, 2.05) is 19.1 Å². The van der Waals surface area contributed by atoms with Gasteiger partial charge in [0.25, 0.3) is 0 Å². The fourth-order valence-electron chi connectivity index (χ4n) is 4.35. The molecule has 0 aliphatic heterocycles. The zero-order valence-corrected chi connectivity index (χ0v) is 18.1. The molecule has 1 aliphatic carbocycles. The zero-order chi connectivity index (χ0) is 21.5. The number of hydrogen-bond donors (Lipinski definition) is 2. The number of rotatable bonds is 9. The summed E-state index contributed by atoms with van der Waals surface area (Å²) in [6.07, 6.45) is 6.13. The van der Waals surface area contributed by atoms with Gasteiger partial charge in [0.2, 0.25) is 5.91 Å². The molecule has 1 amide bonds. The first-order valence-corrected chi connectivity index (χ1v) is 11.0. The van der Waals surface area contributed by atoms with Gasteiger partial charge in [-0.2, -0.15) is 0 Å². The minimum atomic E-state index is -0.456. The molecule has 1 heterocycles. The number of nitrogens with two attached hydrogens (primary N) is 1. The Morgan fingerprint density at radius 3 is 2.63 bits per heavy atom. The minimum Gasteiger partial charge on any atom is -0.384 e. The highest BCUT2D eigenvalue weighted by atomic mass is 16.2. The lowest BCUT2D eigenvalue weighted by Crippen LogP contribution is -2.41. The van der Waals surface area contributed by atoms with E-state index in [0.717, 1.165) is 43.4 Å². The molecule has 30 heavy (non-hydrogen) atoms. The summed E-state index contributed by atoms with van der Waals surface area (Å²) in [5, 5.41) is 2.95. The second-order valence-corrected chi connectivity index (χ2v) is 8.58. The van der Waals surface area contributed by atoms with Crippen molar-refractivity contribution < 1.29 is 9.59 Å². The maximum absolute atomic E-state index is 12.7. The third kappa shape index (κ3) is 6.15. The van der Waals surface area contributed by atoms with Gasteiger partial charge in [0.05, 0.1) is 6.04 Å². The maximum atomic E-state index is 12.7. The van der Waals surface area contributed by atoms with Crippen LogP contribution in [-0.2, 0) is 22.4 Å².